The zero-order chi connectivity index (χ0) is 21.1. The second-order valence-corrected chi connectivity index (χ2v) is 8.27. The van der Waals surface area contributed by atoms with Crippen molar-refractivity contribution < 1.29 is 40.0 Å². The van der Waals surface area contributed by atoms with Gasteiger partial charge < -0.3 is 5.32 Å². The molecule has 28 heavy (non-hydrogen) atoms. The Hall–Kier alpha value is -2.54. The number of sulfonamides is 1. The van der Waals surface area contributed by atoms with Gasteiger partial charge >= 0.3 is 6.18 Å². The summed E-state index contributed by atoms with van der Waals surface area (Å²) in [4.78, 5) is 22.3. The van der Waals surface area contributed by atoms with Crippen LogP contribution in [0.15, 0.2) is 34.5 Å². The lowest BCUT2D eigenvalue weighted by Gasteiger charge is -2.07. The van der Waals surface area contributed by atoms with Crippen LogP contribution in [0.4, 0.5) is 22.0 Å². The van der Waals surface area contributed by atoms with Gasteiger partial charge in [-0.3, -0.25) is 9.59 Å². The summed E-state index contributed by atoms with van der Waals surface area (Å²) in [6.07, 6.45) is -5.27. The third-order valence-corrected chi connectivity index (χ3v) is 6.18. The molecule has 0 unspecified atom stereocenters. The molecule has 0 saturated carbocycles. The number of benzene rings is 1. The van der Waals surface area contributed by atoms with Crippen molar-refractivity contribution in [2.45, 2.75) is 16.8 Å². The summed E-state index contributed by atoms with van der Waals surface area (Å²) >= 11 is -0.0522. The van der Waals surface area contributed by atoms with Gasteiger partial charge in [-0.15, -0.1) is 11.3 Å². The molecule has 0 atom stereocenters. The van der Waals surface area contributed by atoms with Crippen LogP contribution in [0.5, 0.6) is 0 Å². The van der Waals surface area contributed by atoms with Gasteiger partial charge in [0.15, 0.2) is 0 Å². The fraction of sp³-hybridized carbons (Fsp3) is 0.200. The molecule has 2 N–H and O–H groups in total. The normalized spacial score (nSPS) is 11.9. The molecule has 0 radical (unpaired) electrons. The molecule has 2 amide bonds. The smallest absolute Gasteiger partial charge is 0.351 e. The Kier molecular flexibility index (Phi) is 6.39. The molecule has 13 heteroatoms. The van der Waals surface area contributed by atoms with Gasteiger partial charge in [-0.1, -0.05) is 0 Å². The number of hydrogen-bond acceptors (Lipinski definition) is 5. The molecule has 0 fully saturated rings. The van der Waals surface area contributed by atoms with Crippen LogP contribution in [0.3, 0.4) is 0 Å². The monoisotopic (exact) mass is 442 g/mol. The van der Waals surface area contributed by atoms with Crippen molar-refractivity contribution in [3.8, 4) is 0 Å². The second-order valence-electron chi connectivity index (χ2n) is 5.28. The minimum absolute atomic E-state index is 0.0522. The molecule has 6 nitrogen and oxygen atoms in total. The minimum atomic E-state index is -4.72. The number of halogens is 5. The van der Waals surface area contributed by atoms with Crippen molar-refractivity contribution in [2.24, 2.45) is 0 Å². The molecule has 0 spiro atoms. The van der Waals surface area contributed by atoms with Gasteiger partial charge in [0.05, 0.1) is 5.56 Å². The van der Waals surface area contributed by atoms with Gasteiger partial charge in [-0.05, 0) is 24.3 Å². The average molecular weight is 442 g/mol. The molecule has 0 aliphatic rings. The molecular formula is C15H11F5N2O4S2. The summed E-state index contributed by atoms with van der Waals surface area (Å²) in [6, 6.07) is 3.51. The topological polar surface area (TPSA) is 92.3 Å². The first kappa shape index (κ1) is 21.8. The summed E-state index contributed by atoms with van der Waals surface area (Å²) < 4.78 is 88.5. The fourth-order valence-corrected chi connectivity index (χ4v) is 4.11. The zero-order valence-corrected chi connectivity index (χ0v) is 15.3. The molecule has 2 rings (SSSR count). The third kappa shape index (κ3) is 5.48. The fourth-order valence-electron chi connectivity index (χ4n) is 1.93. The number of carbonyl (C=O) groups is 2. The summed E-state index contributed by atoms with van der Waals surface area (Å²) in [5.74, 6) is -4.06. The molecule has 0 aliphatic carbocycles. The predicted molar refractivity (Wildman–Crippen MR) is 88.0 cm³/mol. The summed E-state index contributed by atoms with van der Waals surface area (Å²) in [6.45, 7) is -0.394. The van der Waals surface area contributed by atoms with Gasteiger partial charge in [0.1, 0.15) is 20.7 Å². The maximum Gasteiger partial charge on any atom is 0.425 e. The molecule has 0 bridgehead atoms. The first-order chi connectivity index (χ1) is 12.9. The first-order valence-corrected chi connectivity index (χ1v) is 9.66. The van der Waals surface area contributed by atoms with Crippen LogP contribution in [0, 0.1) is 11.6 Å². The van der Waals surface area contributed by atoms with Crippen molar-refractivity contribution in [1.29, 1.82) is 0 Å². The van der Waals surface area contributed by atoms with Crippen molar-refractivity contribution in [3.05, 3.63) is 52.4 Å². The SMILES string of the molecule is O=C(CCNC(=O)c1ccc(F)cc1F)NS(=O)(=O)c1ccc(C(F)(F)F)s1. The number of alkyl halides is 3. The Morgan fingerprint density at radius 1 is 1.07 bits per heavy atom. The first-order valence-electron chi connectivity index (χ1n) is 7.36. The van der Waals surface area contributed by atoms with Crippen LogP contribution in [-0.4, -0.2) is 26.8 Å². The lowest BCUT2D eigenvalue weighted by Crippen LogP contribution is -2.34. The highest BCUT2D eigenvalue weighted by Crippen LogP contribution is 2.35. The molecule has 1 aromatic carbocycles. The summed E-state index contributed by atoms with van der Waals surface area (Å²) in [5.41, 5.74) is -0.479. The summed E-state index contributed by atoms with van der Waals surface area (Å²) in [7, 11) is -4.51. The molecule has 0 aliphatic heterocycles. The van der Waals surface area contributed by atoms with Crippen LogP contribution in [0.25, 0.3) is 0 Å². The Bertz CT molecular complexity index is 1000. The van der Waals surface area contributed by atoms with Gasteiger partial charge in [0.25, 0.3) is 15.9 Å². The van der Waals surface area contributed by atoms with E-state index in [1.807, 2.05) is 0 Å². The van der Waals surface area contributed by atoms with Crippen LogP contribution in [0.1, 0.15) is 21.7 Å². The molecular weight excluding hydrogens is 431 g/mol. The van der Waals surface area contributed by atoms with E-state index < -0.39 is 67.3 Å². The standard InChI is InChI=1S/C15H11F5N2O4S2/c16-8-1-2-9(10(17)7-8)14(24)21-6-5-12(23)22-28(25,26)13-4-3-11(27-13)15(18,19)20/h1-4,7H,5-6H2,(H,21,24)(H,22,23). The van der Waals surface area contributed by atoms with E-state index in [1.54, 1.807) is 4.72 Å². The largest absolute Gasteiger partial charge is 0.425 e. The van der Waals surface area contributed by atoms with E-state index in [0.29, 0.717) is 18.2 Å². The lowest BCUT2D eigenvalue weighted by molar-refractivity contribution is -0.134. The Morgan fingerprint density at radius 2 is 1.75 bits per heavy atom. The van der Waals surface area contributed by atoms with E-state index in [9.17, 15) is 40.0 Å². The maximum absolute atomic E-state index is 13.4. The van der Waals surface area contributed by atoms with Crippen LogP contribution in [0.2, 0.25) is 0 Å². The Morgan fingerprint density at radius 3 is 2.32 bits per heavy atom. The van der Waals surface area contributed by atoms with Gasteiger partial charge in [0, 0.05) is 19.0 Å². The highest BCUT2D eigenvalue weighted by Gasteiger charge is 2.34. The highest BCUT2D eigenvalue weighted by atomic mass is 32.2. The van der Waals surface area contributed by atoms with Gasteiger partial charge in [0.2, 0.25) is 5.91 Å². The van der Waals surface area contributed by atoms with Crippen LogP contribution in [-0.2, 0) is 21.0 Å². The number of thiophene rings is 1. The molecule has 1 heterocycles. The number of rotatable bonds is 6. The van der Waals surface area contributed by atoms with Gasteiger partial charge in [-0.2, -0.15) is 13.2 Å². The van der Waals surface area contributed by atoms with Crippen LogP contribution >= 0.6 is 11.3 Å². The third-order valence-electron chi connectivity index (χ3n) is 3.19. The lowest BCUT2D eigenvalue weighted by atomic mass is 10.2. The van der Waals surface area contributed by atoms with Crippen molar-refractivity contribution in [1.82, 2.24) is 10.0 Å². The highest BCUT2D eigenvalue weighted by molar-refractivity contribution is 7.92. The van der Waals surface area contributed by atoms with E-state index in [2.05, 4.69) is 5.32 Å². The second kappa shape index (κ2) is 8.22. The Balaban J connectivity index is 1.91. The number of nitrogens with one attached hydrogen (secondary N) is 2. The molecule has 2 aromatic rings. The van der Waals surface area contributed by atoms with Crippen LogP contribution < -0.4 is 10.0 Å². The van der Waals surface area contributed by atoms with Crippen molar-refractivity contribution in [3.63, 3.8) is 0 Å². The molecule has 1 aromatic heterocycles. The van der Waals surface area contributed by atoms with Crippen molar-refractivity contribution >= 4 is 33.2 Å². The van der Waals surface area contributed by atoms with E-state index in [1.165, 1.54) is 0 Å². The van der Waals surface area contributed by atoms with E-state index in [0.717, 1.165) is 12.1 Å². The van der Waals surface area contributed by atoms with E-state index in [-0.39, 0.29) is 11.3 Å². The number of hydrogen-bond donors (Lipinski definition) is 2. The molecule has 0 saturated heterocycles. The average Bonchev–Trinajstić information content (AvgIpc) is 3.05. The zero-order valence-electron chi connectivity index (χ0n) is 13.6. The van der Waals surface area contributed by atoms with E-state index >= 15 is 0 Å². The quantitative estimate of drug-likeness (QED) is 0.673. The predicted octanol–water partition coefficient (Wildman–Crippen LogP) is 2.67. The van der Waals surface area contributed by atoms with Gasteiger partial charge in [-0.25, -0.2) is 21.9 Å². The summed E-state index contributed by atoms with van der Waals surface area (Å²) in [5, 5.41) is 2.14. The number of carbonyl (C=O) groups excluding carboxylic acids is 2. The number of amides is 2. The van der Waals surface area contributed by atoms with E-state index in [4.69, 9.17) is 0 Å². The maximum atomic E-state index is 13.4. The molecule has 152 valence electrons. The minimum Gasteiger partial charge on any atom is -0.351 e. The van der Waals surface area contributed by atoms with Crippen molar-refractivity contribution in [2.75, 3.05) is 6.54 Å². The Labute approximate surface area is 159 Å².